The van der Waals surface area contributed by atoms with E-state index in [0.717, 1.165) is 5.56 Å². The topological polar surface area (TPSA) is 79.8 Å². The molecule has 0 atom stereocenters. The minimum atomic E-state index is -0.360. The summed E-state index contributed by atoms with van der Waals surface area (Å²) < 4.78 is 0. The van der Waals surface area contributed by atoms with Gasteiger partial charge in [-0.2, -0.15) is 0 Å². The van der Waals surface area contributed by atoms with Crippen molar-refractivity contribution in [3.63, 3.8) is 0 Å². The van der Waals surface area contributed by atoms with E-state index >= 15 is 0 Å². The van der Waals surface area contributed by atoms with Gasteiger partial charge in [-0.3, -0.25) is 9.78 Å². The number of halogens is 2. The van der Waals surface area contributed by atoms with Crippen molar-refractivity contribution in [3.05, 3.63) is 75.9 Å². The van der Waals surface area contributed by atoms with Crippen LogP contribution >= 0.6 is 23.2 Å². The molecule has 0 aliphatic heterocycles. The van der Waals surface area contributed by atoms with Gasteiger partial charge >= 0.3 is 0 Å². The van der Waals surface area contributed by atoms with E-state index in [1.165, 1.54) is 0 Å². The van der Waals surface area contributed by atoms with Crippen molar-refractivity contribution in [1.29, 1.82) is 0 Å². The number of nitrogens with zero attached hydrogens (tertiary/aromatic N) is 3. The largest absolute Gasteiger partial charge is 0.366 e. The maximum Gasteiger partial charge on any atom is 0.274 e. The highest BCUT2D eigenvalue weighted by molar-refractivity contribution is 6.42. The van der Waals surface area contributed by atoms with Crippen molar-refractivity contribution in [2.45, 2.75) is 13.5 Å². The zero-order valence-electron chi connectivity index (χ0n) is 13.8. The number of anilines is 2. The standard InChI is InChI=1S/C18H15Cl2N5O/c1-11-23-16(18(26)25-13-2-3-14(19)15(20)8-13)9-17(24-11)22-10-12-4-6-21-7-5-12/h2-9H,10H2,1H3,(H,25,26)(H,22,23,24). The molecule has 2 heterocycles. The zero-order valence-corrected chi connectivity index (χ0v) is 15.3. The van der Waals surface area contributed by atoms with Gasteiger partial charge in [0.15, 0.2) is 0 Å². The van der Waals surface area contributed by atoms with Gasteiger partial charge in [-0.15, -0.1) is 0 Å². The van der Waals surface area contributed by atoms with Crippen molar-refractivity contribution < 1.29 is 4.79 Å². The summed E-state index contributed by atoms with van der Waals surface area (Å²) in [6, 6.07) is 10.3. The highest BCUT2D eigenvalue weighted by Crippen LogP contribution is 2.25. The summed E-state index contributed by atoms with van der Waals surface area (Å²) in [4.78, 5) is 25.0. The third kappa shape index (κ3) is 4.68. The Hall–Kier alpha value is -2.70. The van der Waals surface area contributed by atoms with E-state index in [9.17, 15) is 4.79 Å². The van der Waals surface area contributed by atoms with Crippen LogP contribution in [0.25, 0.3) is 0 Å². The van der Waals surface area contributed by atoms with E-state index in [-0.39, 0.29) is 11.6 Å². The first kappa shape index (κ1) is 18.1. The van der Waals surface area contributed by atoms with Crippen LogP contribution in [0, 0.1) is 6.92 Å². The maximum atomic E-state index is 12.5. The molecule has 0 saturated heterocycles. The number of benzene rings is 1. The number of carbonyl (C=O) groups is 1. The second kappa shape index (κ2) is 8.12. The molecule has 0 unspecified atom stereocenters. The van der Waals surface area contributed by atoms with Gasteiger partial charge in [-0.05, 0) is 42.8 Å². The molecule has 0 aliphatic carbocycles. The number of rotatable bonds is 5. The molecule has 1 aromatic carbocycles. The van der Waals surface area contributed by atoms with E-state index in [1.807, 2.05) is 12.1 Å². The van der Waals surface area contributed by atoms with Gasteiger partial charge in [0.1, 0.15) is 17.3 Å². The Morgan fingerprint density at radius 2 is 1.81 bits per heavy atom. The molecule has 0 aliphatic rings. The van der Waals surface area contributed by atoms with Gasteiger partial charge in [-0.25, -0.2) is 9.97 Å². The molecule has 3 rings (SSSR count). The van der Waals surface area contributed by atoms with Crippen LogP contribution in [-0.2, 0) is 6.54 Å². The molecular formula is C18H15Cl2N5O. The van der Waals surface area contributed by atoms with Gasteiger partial charge in [0.25, 0.3) is 5.91 Å². The number of nitrogens with one attached hydrogen (secondary N) is 2. The quantitative estimate of drug-likeness (QED) is 0.679. The molecule has 0 saturated carbocycles. The van der Waals surface area contributed by atoms with Crippen molar-refractivity contribution in [1.82, 2.24) is 15.0 Å². The number of hydrogen-bond acceptors (Lipinski definition) is 5. The lowest BCUT2D eigenvalue weighted by atomic mass is 10.2. The Morgan fingerprint density at radius 3 is 2.54 bits per heavy atom. The van der Waals surface area contributed by atoms with Crippen LogP contribution in [-0.4, -0.2) is 20.9 Å². The molecule has 2 aromatic heterocycles. The molecule has 6 nitrogen and oxygen atoms in total. The molecule has 1 amide bonds. The summed E-state index contributed by atoms with van der Waals surface area (Å²) in [5.74, 6) is 0.693. The monoisotopic (exact) mass is 387 g/mol. The van der Waals surface area contributed by atoms with Gasteiger partial charge in [0.2, 0.25) is 0 Å². The summed E-state index contributed by atoms with van der Waals surface area (Å²) in [5, 5.41) is 6.71. The fraction of sp³-hybridized carbons (Fsp3) is 0.111. The number of amides is 1. The second-order valence-electron chi connectivity index (χ2n) is 5.48. The summed E-state index contributed by atoms with van der Waals surface area (Å²) in [5.41, 5.74) is 1.84. The van der Waals surface area contributed by atoms with Crippen molar-refractivity contribution in [2.24, 2.45) is 0 Å². The minimum Gasteiger partial charge on any atom is -0.366 e. The highest BCUT2D eigenvalue weighted by Gasteiger charge is 2.12. The predicted octanol–water partition coefficient (Wildman–Crippen LogP) is 4.35. The summed E-state index contributed by atoms with van der Waals surface area (Å²) in [7, 11) is 0. The lowest BCUT2D eigenvalue weighted by Gasteiger charge is -2.10. The Kier molecular flexibility index (Phi) is 5.65. The molecule has 0 fully saturated rings. The molecule has 2 N–H and O–H groups in total. The molecule has 0 radical (unpaired) electrons. The predicted molar refractivity (Wildman–Crippen MR) is 103 cm³/mol. The molecule has 0 bridgehead atoms. The zero-order chi connectivity index (χ0) is 18.5. The third-order valence-corrected chi connectivity index (χ3v) is 4.21. The Labute approximate surface area is 160 Å². The number of carbonyl (C=O) groups excluding carboxylic acids is 1. The summed E-state index contributed by atoms with van der Waals surface area (Å²) >= 11 is 11.9. The Morgan fingerprint density at radius 1 is 1.04 bits per heavy atom. The van der Waals surface area contributed by atoms with Crippen molar-refractivity contribution in [2.75, 3.05) is 10.6 Å². The number of aryl methyl sites for hydroxylation is 1. The lowest BCUT2D eigenvalue weighted by Crippen LogP contribution is -2.16. The van der Waals surface area contributed by atoms with Crippen LogP contribution in [0.3, 0.4) is 0 Å². The maximum absolute atomic E-state index is 12.5. The number of hydrogen-bond donors (Lipinski definition) is 2. The Balaban J connectivity index is 1.73. The van der Waals surface area contributed by atoms with E-state index in [0.29, 0.717) is 33.9 Å². The molecule has 8 heteroatoms. The summed E-state index contributed by atoms with van der Waals surface area (Å²) in [6.45, 7) is 2.29. The molecule has 0 spiro atoms. The minimum absolute atomic E-state index is 0.251. The van der Waals surface area contributed by atoms with Gasteiger partial charge < -0.3 is 10.6 Å². The average molecular weight is 388 g/mol. The van der Waals surface area contributed by atoms with Crippen LogP contribution in [0.4, 0.5) is 11.5 Å². The van der Waals surface area contributed by atoms with Gasteiger partial charge in [0.05, 0.1) is 10.0 Å². The van der Waals surface area contributed by atoms with Crippen molar-refractivity contribution in [3.8, 4) is 0 Å². The van der Waals surface area contributed by atoms with Crippen LogP contribution in [0.5, 0.6) is 0 Å². The number of pyridine rings is 1. The number of aromatic nitrogens is 3. The molecule has 132 valence electrons. The molecular weight excluding hydrogens is 373 g/mol. The lowest BCUT2D eigenvalue weighted by molar-refractivity contribution is 0.102. The average Bonchev–Trinajstić information content (AvgIpc) is 2.63. The summed E-state index contributed by atoms with van der Waals surface area (Å²) in [6.07, 6.45) is 3.44. The van der Waals surface area contributed by atoms with Gasteiger partial charge in [-0.1, -0.05) is 23.2 Å². The second-order valence-corrected chi connectivity index (χ2v) is 6.29. The fourth-order valence-corrected chi connectivity index (χ4v) is 2.53. The Bertz CT molecular complexity index is 934. The first-order chi connectivity index (χ1) is 12.5. The van der Waals surface area contributed by atoms with Crippen LogP contribution < -0.4 is 10.6 Å². The van der Waals surface area contributed by atoms with Crippen LogP contribution in [0.1, 0.15) is 21.9 Å². The SMILES string of the molecule is Cc1nc(NCc2ccncc2)cc(C(=O)Nc2ccc(Cl)c(Cl)c2)n1. The van der Waals surface area contributed by atoms with E-state index in [1.54, 1.807) is 43.6 Å². The smallest absolute Gasteiger partial charge is 0.274 e. The van der Waals surface area contributed by atoms with E-state index in [4.69, 9.17) is 23.2 Å². The molecule has 3 aromatic rings. The van der Waals surface area contributed by atoms with E-state index < -0.39 is 0 Å². The fourth-order valence-electron chi connectivity index (χ4n) is 2.24. The van der Waals surface area contributed by atoms with Crippen molar-refractivity contribution >= 4 is 40.6 Å². The first-order valence-corrected chi connectivity index (χ1v) is 8.52. The van der Waals surface area contributed by atoms with Crippen LogP contribution in [0.15, 0.2) is 48.8 Å². The normalized spacial score (nSPS) is 10.4. The van der Waals surface area contributed by atoms with Crippen LogP contribution in [0.2, 0.25) is 10.0 Å². The molecule has 26 heavy (non-hydrogen) atoms. The first-order valence-electron chi connectivity index (χ1n) is 7.76. The third-order valence-electron chi connectivity index (χ3n) is 3.47. The van der Waals surface area contributed by atoms with Gasteiger partial charge in [0, 0.05) is 30.7 Å². The highest BCUT2D eigenvalue weighted by atomic mass is 35.5. The van der Waals surface area contributed by atoms with E-state index in [2.05, 4.69) is 25.6 Å².